The van der Waals surface area contributed by atoms with Crippen molar-refractivity contribution in [3.05, 3.63) is 12.2 Å². The van der Waals surface area contributed by atoms with Crippen LogP contribution in [0, 0.1) is 5.92 Å². The van der Waals surface area contributed by atoms with Crippen molar-refractivity contribution in [2.45, 2.75) is 106 Å². The lowest BCUT2D eigenvalue weighted by Crippen LogP contribution is -2.58. The van der Waals surface area contributed by atoms with E-state index in [1.165, 1.54) is 4.90 Å². The molecular formula is C27H40N4O8S. The van der Waals surface area contributed by atoms with Crippen LogP contribution in [0.3, 0.4) is 0 Å². The summed E-state index contributed by atoms with van der Waals surface area (Å²) in [5.74, 6) is -1.88. The molecule has 3 heterocycles. The fourth-order valence-corrected chi connectivity index (χ4v) is 7.26. The molecule has 40 heavy (non-hydrogen) atoms. The molecule has 2 saturated heterocycles. The van der Waals surface area contributed by atoms with Crippen LogP contribution in [-0.2, 0) is 33.9 Å². The van der Waals surface area contributed by atoms with Gasteiger partial charge in [0, 0.05) is 25.3 Å². The Kier molecular flexibility index (Phi) is 8.69. The number of fused-ring (bicyclic) bond motifs is 2. The largest absolute Gasteiger partial charge is 0.446 e. The van der Waals surface area contributed by atoms with E-state index in [-0.39, 0.29) is 17.9 Å². The summed E-state index contributed by atoms with van der Waals surface area (Å²) in [7, 11) is -3.78. The van der Waals surface area contributed by atoms with Gasteiger partial charge in [-0.3, -0.25) is 19.1 Å². The van der Waals surface area contributed by atoms with Gasteiger partial charge in [-0.25, -0.2) is 13.2 Å². The lowest BCUT2D eigenvalue weighted by Gasteiger charge is -2.30. The van der Waals surface area contributed by atoms with Crippen LogP contribution < -0.4 is 15.4 Å². The van der Waals surface area contributed by atoms with E-state index in [0.717, 1.165) is 19.3 Å². The van der Waals surface area contributed by atoms with Crippen molar-refractivity contribution in [3.8, 4) is 0 Å². The molecule has 0 aromatic rings. The number of alkyl carbamates (subject to hydrolysis) is 1. The first-order valence-electron chi connectivity index (χ1n) is 14.6. The molecule has 3 aliphatic heterocycles. The van der Waals surface area contributed by atoms with Crippen LogP contribution in [-0.4, -0.2) is 85.9 Å². The molecule has 4 amide bonds. The zero-order valence-electron chi connectivity index (χ0n) is 22.8. The van der Waals surface area contributed by atoms with Crippen molar-refractivity contribution < 1.29 is 37.1 Å². The maximum atomic E-state index is 13.7. The summed E-state index contributed by atoms with van der Waals surface area (Å²) in [6, 6.07) is -1.65. The highest BCUT2D eigenvalue weighted by Gasteiger charge is 2.61. The van der Waals surface area contributed by atoms with E-state index in [9.17, 15) is 27.6 Å². The molecule has 0 aromatic heterocycles. The Hall–Kier alpha value is -2.67. The van der Waals surface area contributed by atoms with E-state index in [1.54, 1.807) is 0 Å². The van der Waals surface area contributed by atoms with Crippen molar-refractivity contribution in [1.29, 1.82) is 0 Å². The zero-order chi connectivity index (χ0) is 28.3. The van der Waals surface area contributed by atoms with Gasteiger partial charge in [-0.2, -0.15) is 0 Å². The minimum Gasteiger partial charge on any atom is -0.446 e. The number of allylic oxidation sites excluding steroid dienone is 1. The average molecular weight is 581 g/mol. The molecule has 2 saturated carbocycles. The molecule has 0 aromatic carbocycles. The van der Waals surface area contributed by atoms with E-state index < -0.39 is 50.8 Å². The van der Waals surface area contributed by atoms with E-state index in [1.807, 2.05) is 12.2 Å². The first-order chi connectivity index (χ1) is 19.2. The molecule has 4 fully saturated rings. The summed E-state index contributed by atoms with van der Waals surface area (Å²) >= 11 is 0. The number of hydrogen-bond acceptors (Lipinski definition) is 8. The average Bonchev–Trinajstić information content (AvgIpc) is 3.84. The van der Waals surface area contributed by atoms with Crippen molar-refractivity contribution in [3.63, 3.8) is 0 Å². The van der Waals surface area contributed by atoms with Crippen LogP contribution in [0.15, 0.2) is 12.2 Å². The van der Waals surface area contributed by atoms with Crippen LogP contribution in [0.1, 0.15) is 77.0 Å². The van der Waals surface area contributed by atoms with Crippen molar-refractivity contribution in [2.75, 3.05) is 19.8 Å². The van der Waals surface area contributed by atoms with Gasteiger partial charge >= 0.3 is 6.09 Å². The fourth-order valence-electron chi connectivity index (χ4n) is 5.90. The highest BCUT2D eigenvalue weighted by molar-refractivity contribution is 7.91. The summed E-state index contributed by atoms with van der Waals surface area (Å²) in [4.78, 5) is 54.7. The molecule has 0 spiro atoms. The quantitative estimate of drug-likeness (QED) is 0.410. The van der Waals surface area contributed by atoms with E-state index >= 15 is 0 Å². The first-order valence-corrected chi connectivity index (χ1v) is 16.1. The summed E-state index contributed by atoms with van der Waals surface area (Å²) < 4.78 is 38.0. The molecular weight excluding hydrogens is 540 g/mol. The number of rotatable bonds is 5. The molecule has 222 valence electrons. The number of carbonyl (C=O) groups excluding carboxylic acids is 4. The number of hydrogen-bond donors (Lipinski definition) is 3. The van der Waals surface area contributed by atoms with Crippen LogP contribution in [0.25, 0.3) is 0 Å². The van der Waals surface area contributed by atoms with Gasteiger partial charge < -0.3 is 25.0 Å². The first kappa shape index (κ1) is 28.8. The predicted molar refractivity (Wildman–Crippen MR) is 143 cm³/mol. The third kappa shape index (κ3) is 6.62. The summed E-state index contributed by atoms with van der Waals surface area (Å²) in [6.07, 6.45) is 10.0. The van der Waals surface area contributed by atoms with Crippen molar-refractivity contribution in [1.82, 2.24) is 20.3 Å². The van der Waals surface area contributed by atoms with Crippen molar-refractivity contribution in [2.24, 2.45) is 5.92 Å². The normalized spacial score (nSPS) is 32.9. The van der Waals surface area contributed by atoms with Gasteiger partial charge in [0.2, 0.25) is 21.8 Å². The highest BCUT2D eigenvalue weighted by Crippen LogP contribution is 2.46. The molecule has 5 aliphatic rings. The third-order valence-corrected chi connectivity index (χ3v) is 10.4. The Bertz CT molecular complexity index is 1130. The van der Waals surface area contributed by atoms with Gasteiger partial charge in [0.1, 0.15) is 23.7 Å². The van der Waals surface area contributed by atoms with Crippen LogP contribution in [0.4, 0.5) is 4.79 Å². The van der Waals surface area contributed by atoms with E-state index in [2.05, 4.69) is 15.4 Å². The van der Waals surface area contributed by atoms with E-state index in [4.69, 9.17) is 9.47 Å². The second-order valence-corrected chi connectivity index (χ2v) is 13.6. The Morgan fingerprint density at radius 2 is 1.80 bits per heavy atom. The number of nitrogens with one attached hydrogen (secondary N) is 3. The molecule has 13 heteroatoms. The lowest BCUT2D eigenvalue weighted by molar-refractivity contribution is -0.141. The SMILES string of the molecule is O=C(N[C@H]1CCCCC/C=C\[C@@H]2C[C@@]2(C(=O)NS(=O)(=O)C2CC2)NC(=O)[C@@H]2CCCN2C1=O)OC1CCOCC1. The molecule has 3 N–H and O–H groups in total. The molecule has 12 nitrogen and oxygen atoms in total. The Morgan fingerprint density at radius 1 is 1.02 bits per heavy atom. The number of amides is 4. The minimum atomic E-state index is -3.78. The van der Waals surface area contributed by atoms with Gasteiger partial charge in [-0.05, 0) is 51.4 Å². The number of nitrogens with zero attached hydrogens (tertiary/aromatic N) is 1. The van der Waals surface area contributed by atoms with Gasteiger partial charge in [0.15, 0.2) is 0 Å². The fraction of sp³-hybridized carbons (Fsp3) is 0.778. The van der Waals surface area contributed by atoms with Crippen LogP contribution in [0.5, 0.6) is 0 Å². The Labute approximate surface area is 235 Å². The molecule has 0 bridgehead atoms. The van der Waals surface area contributed by atoms with Crippen LogP contribution in [0.2, 0.25) is 0 Å². The summed E-state index contributed by atoms with van der Waals surface area (Å²) in [5, 5.41) is 5.02. The standard InChI is InChI=1S/C27H40N4O8S/c32-23-22-9-6-14-31(22)24(33)21(28-26(35)39-19-12-15-38-16-13-19)8-5-3-1-2-4-7-18-17-27(18,29-23)25(34)30-40(36,37)20-10-11-20/h4,7,18-22H,1-3,5-6,8-17H2,(H,28,35)(H,29,32)(H,30,34)/b7-4-/t18-,21+,22+,27-/m1/s1. The van der Waals surface area contributed by atoms with Gasteiger partial charge in [-0.15, -0.1) is 0 Å². The van der Waals surface area contributed by atoms with E-state index in [0.29, 0.717) is 77.5 Å². The number of sulfonamides is 1. The minimum absolute atomic E-state index is 0.263. The Morgan fingerprint density at radius 3 is 2.55 bits per heavy atom. The molecule has 0 radical (unpaired) electrons. The number of carbonyl (C=O) groups is 4. The number of ether oxygens (including phenoxy) is 2. The Balaban J connectivity index is 1.31. The second-order valence-electron chi connectivity index (χ2n) is 11.6. The van der Waals surface area contributed by atoms with Gasteiger partial charge in [-0.1, -0.05) is 25.0 Å². The summed E-state index contributed by atoms with van der Waals surface area (Å²) in [5.41, 5.74) is -1.36. The highest BCUT2D eigenvalue weighted by atomic mass is 32.2. The van der Waals surface area contributed by atoms with Gasteiger partial charge in [0.05, 0.1) is 18.5 Å². The topological polar surface area (TPSA) is 160 Å². The summed E-state index contributed by atoms with van der Waals surface area (Å²) in [6.45, 7) is 1.39. The zero-order valence-corrected chi connectivity index (χ0v) is 23.6. The maximum absolute atomic E-state index is 13.7. The third-order valence-electron chi connectivity index (χ3n) is 8.57. The second kappa shape index (κ2) is 12.1. The van der Waals surface area contributed by atoms with Crippen molar-refractivity contribution >= 4 is 33.8 Å². The molecule has 2 aliphatic carbocycles. The van der Waals surface area contributed by atoms with Gasteiger partial charge in [0.25, 0.3) is 5.91 Å². The van der Waals surface area contributed by atoms with Crippen LogP contribution >= 0.6 is 0 Å². The molecule has 4 atom stereocenters. The predicted octanol–water partition coefficient (Wildman–Crippen LogP) is 1.25. The maximum Gasteiger partial charge on any atom is 0.408 e. The lowest BCUT2D eigenvalue weighted by atomic mass is 10.0. The smallest absolute Gasteiger partial charge is 0.408 e. The molecule has 0 unspecified atom stereocenters. The monoisotopic (exact) mass is 580 g/mol. The molecule has 5 rings (SSSR count).